The molecule has 96 valence electrons. The van der Waals surface area contributed by atoms with E-state index < -0.39 is 18.8 Å². The summed E-state index contributed by atoms with van der Waals surface area (Å²) in [5, 5.41) is 11.7. The highest BCUT2D eigenvalue weighted by Gasteiger charge is 2.38. The predicted molar refractivity (Wildman–Crippen MR) is 55.1 cm³/mol. The van der Waals surface area contributed by atoms with E-state index in [4.69, 9.17) is 5.11 Å². The molecule has 0 aromatic heterocycles. The number of hydrogen-bond donors (Lipinski definition) is 2. The molecule has 1 saturated heterocycles. The van der Waals surface area contributed by atoms with Crippen LogP contribution in [0.2, 0.25) is 0 Å². The second-order valence-corrected chi connectivity index (χ2v) is 4.60. The molecule has 3 unspecified atom stereocenters. The summed E-state index contributed by atoms with van der Waals surface area (Å²) in [4.78, 5) is 2.16. The minimum Gasteiger partial charge on any atom is -0.382 e. The van der Waals surface area contributed by atoms with Gasteiger partial charge in [-0.2, -0.15) is 13.2 Å². The van der Waals surface area contributed by atoms with E-state index in [1.54, 1.807) is 0 Å². The summed E-state index contributed by atoms with van der Waals surface area (Å²) in [7, 11) is 2.00. The van der Waals surface area contributed by atoms with Crippen molar-refractivity contribution in [1.82, 2.24) is 10.2 Å². The van der Waals surface area contributed by atoms with Crippen molar-refractivity contribution in [2.45, 2.75) is 31.7 Å². The van der Waals surface area contributed by atoms with Crippen molar-refractivity contribution >= 4 is 0 Å². The molecule has 1 rings (SSSR count). The number of hydrogen-bond acceptors (Lipinski definition) is 3. The largest absolute Gasteiger partial charge is 0.415 e. The first-order chi connectivity index (χ1) is 7.30. The zero-order valence-electron chi connectivity index (χ0n) is 9.59. The number of likely N-dealkylation sites (tertiary alicyclic amines) is 1. The second-order valence-electron chi connectivity index (χ2n) is 4.60. The summed E-state index contributed by atoms with van der Waals surface area (Å²) in [6.45, 7) is 3.35. The Labute approximate surface area is 93.6 Å². The van der Waals surface area contributed by atoms with Crippen molar-refractivity contribution in [1.29, 1.82) is 0 Å². The van der Waals surface area contributed by atoms with E-state index in [-0.39, 0.29) is 6.04 Å². The standard InChI is InChI=1S/C10H19F3N2O/c1-7-6-15(2)4-3-8(7)14-5-9(16)10(11,12)13/h7-9,14,16H,3-6H2,1-2H3. The van der Waals surface area contributed by atoms with Crippen LogP contribution in [0.3, 0.4) is 0 Å². The molecule has 1 aliphatic heterocycles. The monoisotopic (exact) mass is 240 g/mol. The average molecular weight is 240 g/mol. The molecule has 2 N–H and O–H groups in total. The van der Waals surface area contributed by atoms with Crippen molar-refractivity contribution in [3.63, 3.8) is 0 Å². The molecule has 0 aromatic rings. The topological polar surface area (TPSA) is 35.5 Å². The third kappa shape index (κ3) is 3.92. The van der Waals surface area contributed by atoms with Gasteiger partial charge in [-0.15, -0.1) is 0 Å². The van der Waals surface area contributed by atoms with Crippen LogP contribution in [-0.2, 0) is 0 Å². The van der Waals surface area contributed by atoms with Gasteiger partial charge in [0.05, 0.1) is 0 Å². The van der Waals surface area contributed by atoms with E-state index in [1.165, 1.54) is 0 Å². The van der Waals surface area contributed by atoms with Gasteiger partial charge >= 0.3 is 6.18 Å². The first-order valence-electron chi connectivity index (χ1n) is 5.47. The van der Waals surface area contributed by atoms with E-state index in [1.807, 2.05) is 14.0 Å². The van der Waals surface area contributed by atoms with Gasteiger partial charge in [-0.05, 0) is 25.9 Å². The fourth-order valence-corrected chi connectivity index (χ4v) is 2.04. The molecule has 0 bridgehead atoms. The van der Waals surface area contributed by atoms with Crippen LogP contribution in [0.1, 0.15) is 13.3 Å². The zero-order valence-corrected chi connectivity index (χ0v) is 9.59. The maximum Gasteiger partial charge on any atom is 0.415 e. The molecule has 16 heavy (non-hydrogen) atoms. The van der Waals surface area contributed by atoms with Crippen LogP contribution < -0.4 is 5.32 Å². The second kappa shape index (κ2) is 5.33. The molecule has 1 aliphatic rings. The molecule has 3 atom stereocenters. The summed E-state index contributed by atoms with van der Waals surface area (Å²) in [6, 6.07) is 0.0631. The quantitative estimate of drug-likeness (QED) is 0.767. The van der Waals surface area contributed by atoms with Crippen LogP contribution in [0.15, 0.2) is 0 Å². The van der Waals surface area contributed by atoms with Crippen LogP contribution in [0, 0.1) is 5.92 Å². The Morgan fingerprint density at radius 2 is 2.12 bits per heavy atom. The first kappa shape index (κ1) is 13.7. The Balaban J connectivity index is 2.33. The minimum atomic E-state index is -4.53. The van der Waals surface area contributed by atoms with Gasteiger partial charge in [0, 0.05) is 19.1 Å². The van der Waals surface area contributed by atoms with Crippen LogP contribution >= 0.6 is 0 Å². The van der Waals surface area contributed by atoms with E-state index >= 15 is 0 Å². The van der Waals surface area contributed by atoms with Gasteiger partial charge in [-0.1, -0.05) is 6.92 Å². The van der Waals surface area contributed by atoms with Gasteiger partial charge in [-0.25, -0.2) is 0 Å². The van der Waals surface area contributed by atoms with E-state index in [0.717, 1.165) is 19.5 Å². The van der Waals surface area contributed by atoms with Crippen molar-refractivity contribution < 1.29 is 18.3 Å². The summed E-state index contributed by atoms with van der Waals surface area (Å²) in [6.07, 6.45) is -5.97. The molecular formula is C10H19F3N2O. The summed E-state index contributed by atoms with van der Waals surface area (Å²) in [5.74, 6) is 0.305. The van der Waals surface area contributed by atoms with Crippen molar-refractivity contribution in [2.75, 3.05) is 26.7 Å². The molecule has 1 heterocycles. The Morgan fingerprint density at radius 3 is 2.62 bits per heavy atom. The molecule has 0 amide bonds. The highest BCUT2D eigenvalue weighted by Crippen LogP contribution is 2.20. The Morgan fingerprint density at radius 1 is 1.50 bits per heavy atom. The lowest BCUT2D eigenvalue weighted by Crippen LogP contribution is -2.50. The highest BCUT2D eigenvalue weighted by molar-refractivity contribution is 4.83. The summed E-state index contributed by atoms with van der Waals surface area (Å²) >= 11 is 0. The number of piperidine rings is 1. The SMILES string of the molecule is CC1CN(C)CCC1NCC(O)C(F)(F)F. The van der Waals surface area contributed by atoms with Gasteiger partial charge in [0.1, 0.15) is 0 Å². The van der Waals surface area contributed by atoms with E-state index in [9.17, 15) is 13.2 Å². The Bertz CT molecular complexity index is 223. The maximum atomic E-state index is 12.1. The number of nitrogens with zero attached hydrogens (tertiary/aromatic N) is 1. The number of rotatable bonds is 3. The number of aliphatic hydroxyl groups is 1. The Kier molecular flexibility index (Phi) is 4.58. The van der Waals surface area contributed by atoms with Crippen molar-refractivity contribution in [2.24, 2.45) is 5.92 Å². The first-order valence-corrected chi connectivity index (χ1v) is 5.47. The van der Waals surface area contributed by atoms with Crippen LogP contribution in [0.4, 0.5) is 13.2 Å². The van der Waals surface area contributed by atoms with E-state index in [0.29, 0.717) is 5.92 Å². The lowest BCUT2D eigenvalue weighted by Gasteiger charge is -2.35. The Hall–Kier alpha value is -0.330. The number of nitrogens with one attached hydrogen (secondary N) is 1. The molecule has 3 nitrogen and oxygen atoms in total. The lowest BCUT2D eigenvalue weighted by molar-refractivity contribution is -0.202. The number of halogens is 3. The fourth-order valence-electron chi connectivity index (χ4n) is 2.04. The maximum absolute atomic E-state index is 12.1. The van der Waals surface area contributed by atoms with Gasteiger partial charge in [0.2, 0.25) is 0 Å². The van der Waals surface area contributed by atoms with Gasteiger partial charge < -0.3 is 15.3 Å². The third-order valence-electron chi connectivity index (χ3n) is 3.06. The molecular weight excluding hydrogens is 221 g/mol. The molecule has 6 heteroatoms. The minimum absolute atomic E-state index is 0.0631. The number of aliphatic hydroxyl groups excluding tert-OH is 1. The van der Waals surface area contributed by atoms with Gasteiger partial charge in [0.25, 0.3) is 0 Å². The molecule has 0 saturated carbocycles. The number of alkyl halides is 3. The summed E-state index contributed by atoms with van der Waals surface area (Å²) in [5.41, 5.74) is 0. The van der Waals surface area contributed by atoms with Gasteiger partial charge in [0.15, 0.2) is 6.10 Å². The third-order valence-corrected chi connectivity index (χ3v) is 3.06. The van der Waals surface area contributed by atoms with Crippen LogP contribution in [0.25, 0.3) is 0 Å². The van der Waals surface area contributed by atoms with Crippen molar-refractivity contribution in [3.8, 4) is 0 Å². The highest BCUT2D eigenvalue weighted by atomic mass is 19.4. The molecule has 0 spiro atoms. The predicted octanol–water partition coefficient (Wildman–Crippen LogP) is 0.839. The zero-order chi connectivity index (χ0) is 12.3. The summed E-state index contributed by atoms with van der Waals surface area (Å²) < 4.78 is 36.2. The van der Waals surface area contributed by atoms with Crippen LogP contribution in [-0.4, -0.2) is 55.0 Å². The van der Waals surface area contributed by atoms with Crippen molar-refractivity contribution in [3.05, 3.63) is 0 Å². The molecule has 0 radical (unpaired) electrons. The smallest absolute Gasteiger partial charge is 0.382 e. The molecule has 0 aromatic carbocycles. The van der Waals surface area contributed by atoms with Crippen LogP contribution in [0.5, 0.6) is 0 Å². The molecule has 1 fully saturated rings. The lowest BCUT2D eigenvalue weighted by atomic mass is 9.94. The van der Waals surface area contributed by atoms with Gasteiger partial charge in [-0.3, -0.25) is 0 Å². The van der Waals surface area contributed by atoms with E-state index in [2.05, 4.69) is 10.2 Å². The molecule has 0 aliphatic carbocycles. The fraction of sp³-hybridized carbons (Fsp3) is 1.00. The normalized spacial score (nSPS) is 30.4. The average Bonchev–Trinajstić information content (AvgIpc) is 2.14.